The molecule has 1 aromatic heterocycles. The maximum absolute atomic E-state index is 12.6. The molecule has 0 spiro atoms. The molecule has 3 heterocycles. The molecular formula is C18H22N6O. The molecule has 2 aliphatic heterocycles. The minimum absolute atomic E-state index is 0.0212. The molecular weight excluding hydrogens is 316 g/mol. The van der Waals surface area contributed by atoms with Crippen LogP contribution in [0.25, 0.3) is 0 Å². The Morgan fingerprint density at radius 3 is 2.80 bits per heavy atom. The van der Waals surface area contributed by atoms with Gasteiger partial charge >= 0.3 is 0 Å². The summed E-state index contributed by atoms with van der Waals surface area (Å²) < 4.78 is 0. The molecule has 0 saturated heterocycles. The molecule has 6 N–H and O–H groups in total. The SMILES string of the molecule is CC1NC=CC(c2[nH]c3c(c2Nc2ccccc2)C(=O)CN(N)C3)N1. The molecule has 130 valence electrons. The van der Waals surface area contributed by atoms with Gasteiger partial charge in [0.05, 0.1) is 42.2 Å². The maximum Gasteiger partial charge on any atom is 0.182 e. The van der Waals surface area contributed by atoms with Crippen LogP contribution in [-0.4, -0.2) is 28.5 Å². The number of H-pyrrole nitrogens is 1. The Morgan fingerprint density at radius 1 is 1.24 bits per heavy atom. The van der Waals surface area contributed by atoms with Gasteiger partial charge in [-0.1, -0.05) is 18.2 Å². The van der Waals surface area contributed by atoms with Crippen molar-refractivity contribution in [2.24, 2.45) is 5.84 Å². The number of hydrogen-bond acceptors (Lipinski definition) is 6. The molecule has 0 fully saturated rings. The van der Waals surface area contributed by atoms with E-state index in [0.29, 0.717) is 12.1 Å². The number of benzene rings is 1. The van der Waals surface area contributed by atoms with Gasteiger partial charge in [-0.15, -0.1) is 0 Å². The van der Waals surface area contributed by atoms with E-state index in [9.17, 15) is 4.79 Å². The van der Waals surface area contributed by atoms with E-state index in [1.54, 1.807) is 0 Å². The molecule has 0 amide bonds. The second-order valence-electron chi connectivity index (χ2n) is 6.48. The van der Waals surface area contributed by atoms with E-state index in [-0.39, 0.29) is 24.5 Å². The normalized spacial score (nSPS) is 23.2. The molecule has 0 bridgehead atoms. The standard InChI is InChI=1S/C18H22N6O/c1-11-20-8-7-13(21-11)17-18(22-12-5-3-2-4-6-12)16-14(23-17)9-24(19)10-15(16)25/h2-8,11,13,20-23H,9-10,19H2,1H3. The van der Waals surface area contributed by atoms with Gasteiger partial charge in [0.15, 0.2) is 5.78 Å². The summed E-state index contributed by atoms with van der Waals surface area (Å²) >= 11 is 0. The van der Waals surface area contributed by atoms with Gasteiger partial charge in [0.25, 0.3) is 0 Å². The molecule has 7 nitrogen and oxygen atoms in total. The summed E-state index contributed by atoms with van der Waals surface area (Å²) in [7, 11) is 0. The van der Waals surface area contributed by atoms with E-state index in [1.165, 1.54) is 5.01 Å². The lowest BCUT2D eigenvalue weighted by Gasteiger charge is -2.26. The fourth-order valence-corrected chi connectivity index (χ4v) is 3.40. The van der Waals surface area contributed by atoms with Crippen LogP contribution in [0.3, 0.4) is 0 Å². The largest absolute Gasteiger partial charge is 0.376 e. The van der Waals surface area contributed by atoms with Gasteiger partial charge in [-0.3, -0.25) is 16.0 Å². The molecule has 2 aromatic rings. The lowest BCUT2D eigenvalue weighted by atomic mass is 10.0. The number of anilines is 2. The summed E-state index contributed by atoms with van der Waals surface area (Å²) in [5.74, 6) is 5.91. The predicted octanol–water partition coefficient (Wildman–Crippen LogP) is 1.72. The third-order valence-electron chi connectivity index (χ3n) is 4.51. The van der Waals surface area contributed by atoms with Gasteiger partial charge in [-0.2, -0.15) is 0 Å². The quantitative estimate of drug-likeness (QED) is 0.547. The molecule has 0 radical (unpaired) electrons. The smallest absolute Gasteiger partial charge is 0.182 e. The van der Waals surface area contributed by atoms with Crippen molar-refractivity contribution in [3.8, 4) is 0 Å². The zero-order valence-corrected chi connectivity index (χ0v) is 14.0. The van der Waals surface area contributed by atoms with Gasteiger partial charge < -0.3 is 15.6 Å². The number of rotatable bonds is 3. The summed E-state index contributed by atoms with van der Waals surface area (Å²) in [5, 5.41) is 11.6. The van der Waals surface area contributed by atoms with Gasteiger partial charge in [0.2, 0.25) is 0 Å². The molecule has 2 atom stereocenters. The van der Waals surface area contributed by atoms with Crippen LogP contribution >= 0.6 is 0 Å². The molecule has 7 heteroatoms. The summed E-state index contributed by atoms with van der Waals surface area (Å²) in [4.78, 5) is 16.1. The monoisotopic (exact) mass is 338 g/mol. The number of nitrogens with two attached hydrogens (primary N) is 1. The minimum Gasteiger partial charge on any atom is -0.376 e. The number of para-hydroxylation sites is 1. The highest BCUT2D eigenvalue weighted by Crippen LogP contribution is 2.35. The first-order valence-corrected chi connectivity index (χ1v) is 8.40. The zero-order chi connectivity index (χ0) is 17.4. The number of aromatic nitrogens is 1. The topological polar surface area (TPSA) is 98.2 Å². The van der Waals surface area contributed by atoms with E-state index in [0.717, 1.165) is 22.8 Å². The number of nitrogens with zero attached hydrogens (tertiary/aromatic N) is 1. The number of ketones is 1. The second-order valence-corrected chi connectivity index (χ2v) is 6.48. The van der Waals surface area contributed by atoms with Crippen molar-refractivity contribution in [1.82, 2.24) is 20.6 Å². The Balaban J connectivity index is 1.80. The average Bonchev–Trinajstić information content (AvgIpc) is 2.94. The Bertz CT molecular complexity index is 812. The molecule has 4 rings (SSSR count). The van der Waals surface area contributed by atoms with E-state index < -0.39 is 0 Å². The lowest BCUT2D eigenvalue weighted by Crippen LogP contribution is -2.42. The fraction of sp³-hybridized carbons (Fsp3) is 0.278. The average molecular weight is 338 g/mol. The second kappa shape index (κ2) is 6.36. The first-order valence-electron chi connectivity index (χ1n) is 8.40. The van der Waals surface area contributed by atoms with Crippen LogP contribution in [0.2, 0.25) is 0 Å². The van der Waals surface area contributed by atoms with E-state index in [1.807, 2.05) is 42.6 Å². The van der Waals surface area contributed by atoms with Gasteiger partial charge in [-0.25, -0.2) is 5.01 Å². The predicted molar refractivity (Wildman–Crippen MR) is 97.1 cm³/mol. The van der Waals surface area contributed by atoms with Crippen LogP contribution < -0.4 is 21.8 Å². The number of Topliss-reactive ketones (excluding diaryl/α,β-unsaturated/α-hetero) is 1. The van der Waals surface area contributed by atoms with Crippen molar-refractivity contribution >= 4 is 17.2 Å². The first-order chi connectivity index (χ1) is 12.1. The molecule has 2 unspecified atom stereocenters. The van der Waals surface area contributed by atoms with E-state index in [4.69, 9.17) is 5.84 Å². The van der Waals surface area contributed by atoms with Crippen LogP contribution in [0, 0.1) is 0 Å². The summed E-state index contributed by atoms with van der Waals surface area (Å²) in [5.41, 5.74) is 4.28. The number of aromatic amines is 1. The summed E-state index contributed by atoms with van der Waals surface area (Å²) in [6.07, 6.45) is 4.12. The van der Waals surface area contributed by atoms with Crippen molar-refractivity contribution in [3.05, 3.63) is 59.6 Å². The van der Waals surface area contributed by atoms with Crippen molar-refractivity contribution in [1.29, 1.82) is 0 Å². The van der Waals surface area contributed by atoms with Crippen LogP contribution in [0.15, 0.2) is 42.6 Å². The number of nitrogens with one attached hydrogen (secondary N) is 4. The Hall–Kier alpha value is -2.61. The first kappa shape index (κ1) is 15.9. The highest BCUT2D eigenvalue weighted by Gasteiger charge is 2.31. The highest BCUT2D eigenvalue weighted by molar-refractivity contribution is 6.06. The van der Waals surface area contributed by atoms with E-state index in [2.05, 4.69) is 27.9 Å². The Morgan fingerprint density at radius 2 is 2.04 bits per heavy atom. The summed E-state index contributed by atoms with van der Waals surface area (Å²) in [6.45, 7) is 2.80. The third kappa shape index (κ3) is 3.05. The van der Waals surface area contributed by atoms with Crippen LogP contribution in [0.1, 0.15) is 34.7 Å². The minimum atomic E-state index is -0.0212. The molecule has 25 heavy (non-hydrogen) atoms. The van der Waals surface area contributed by atoms with Gasteiger partial charge in [0.1, 0.15) is 0 Å². The van der Waals surface area contributed by atoms with Crippen LogP contribution in [-0.2, 0) is 6.54 Å². The van der Waals surface area contributed by atoms with Gasteiger partial charge in [-0.05, 0) is 31.3 Å². The number of carbonyl (C=O) groups is 1. The molecule has 2 aliphatic rings. The van der Waals surface area contributed by atoms with Gasteiger partial charge in [0, 0.05) is 11.4 Å². The van der Waals surface area contributed by atoms with Crippen molar-refractivity contribution in [3.63, 3.8) is 0 Å². The van der Waals surface area contributed by atoms with Crippen LogP contribution in [0.4, 0.5) is 11.4 Å². The number of fused-ring (bicyclic) bond motifs is 1. The number of carbonyl (C=O) groups excluding carboxylic acids is 1. The molecule has 0 aliphatic carbocycles. The van der Waals surface area contributed by atoms with Crippen molar-refractivity contribution in [2.45, 2.75) is 25.7 Å². The fourth-order valence-electron chi connectivity index (χ4n) is 3.40. The maximum atomic E-state index is 12.6. The molecule has 1 aromatic carbocycles. The lowest BCUT2D eigenvalue weighted by molar-refractivity contribution is 0.0902. The Kier molecular flexibility index (Phi) is 4.04. The van der Waals surface area contributed by atoms with E-state index >= 15 is 0 Å². The third-order valence-corrected chi connectivity index (χ3v) is 4.51. The highest BCUT2D eigenvalue weighted by atomic mass is 16.1. The summed E-state index contributed by atoms with van der Waals surface area (Å²) in [6, 6.07) is 9.85. The van der Waals surface area contributed by atoms with Crippen molar-refractivity contribution in [2.75, 3.05) is 11.9 Å². The zero-order valence-electron chi connectivity index (χ0n) is 14.0. The van der Waals surface area contributed by atoms with Crippen molar-refractivity contribution < 1.29 is 4.79 Å². The Labute approximate surface area is 146 Å². The molecule has 0 saturated carbocycles. The number of hydrazine groups is 1. The van der Waals surface area contributed by atoms with Crippen LogP contribution in [0.5, 0.6) is 0 Å². The number of hydrogen-bond donors (Lipinski definition) is 5.